The van der Waals surface area contributed by atoms with Crippen molar-refractivity contribution in [3.05, 3.63) is 120 Å². The first-order valence-corrected chi connectivity index (χ1v) is 10.8. The highest BCUT2D eigenvalue weighted by atomic mass is 16.1. The van der Waals surface area contributed by atoms with Gasteiger partial charge in [0.1, 0.15) is 5.65 Å². The number of rotatable bonds is 3. The Balaban J connectivity index is 1.64. The maximum Gasteiger partial charge on any atom is 0.191 e. The molecule has 4 nitrogen and oxygen atoms in total. The van der Waals surface area contributed by atoms with Crippen LogP contribution in [0.1, 0.15) is 0 Å². The zero-order valence-electron chi connectivity index (χ0n) is 17.7. The van der Waals surface area contributed by atoms with E-state index in [1.807, 2.05) is 91.0 Å². The van der Waals surface area contributed by atoms with Gasteiger partial charge in [-0.1, -0.05) is 72.8 Å². The fourth-order valence-electron chi connectivity index (χ4n) is 4.22. The summed E-state index contributed by atoms with van der Waals surface area (Å²) in [5.74, 6) is 0. The summed E-state index contributed by atoms with van der Waals surface area (Å²) >= 11 is 0. The third-order valence-electron chi connectivity index (χ3n) is 5.86. The molecule has 0 saturated heterocycles. The first-order valence-electron chi connectivity index (χ1n) is 10.8. The van der Waals surface area contributed by atoms with Gasteiger partial charge in [0.2, 0.25) is 0 Å². The first-order chi connectivity index (χ1) is 16.3. The van der Waals surface area contributed by atoms with E-state index < -0.39 is 0 Å². The standard InChI is InChI=1S/C29H19N3O/c33-27-18-26(19-8-3-1-4-9-19)31-29-24(27)17-23(28(32-29)20-10-5-2-6-11-20)21-13-14-25-22(16-21)12-7-15-30-25/h1-18H,(H,31,32,33). The van der Waals surface area contributed by atoms with Gasteiger partial charge in [-0.05, 0) is 35.4 Å². The van der Waals surface area contributed by atoms with Gasteiger partial charge in [0.05, 0.1) is 22.3 Å². The van der Waals surface area contributed by atoms with Gasteiger partial charge in [0.15, 0.2) is 5.43 Å². The van der Waals surface area contributed by atoms with E-state index in [-0.39, 0.29) is 5.43 Å². The van der Waals surface area contributed by atoms with E-state index in [4.69, 9.17) is 4.98 Å². The SMILES string of the molecule is O=c1cc(-c2ccccc2)[nH]c2nc(-c3ccccc3)c(-c3ccc4ncccc4c3)cc12. The molecule has 0 aliphatic heterocycles. The maximum absolute atomic E-state index is 13.1. The van der Waals surface area contributed by atoms with Crippen LogP contribution in [0.15, 0.2) is 114 Å². The molecule has 0 radical (unpaired) electrons. The normalized spacial score (nSPS) is 11.2. The second-order valence-electron chi connectivity index (χ2n) is 7.97. The van der Waals surface area contributed by atoms with Gasteiger partial charge < -0.3 is 4.98 Å². The van der Waals surface area contributed by atoms with Crippen LogP contribution >= 0.6 is 0 Å². The summed E-state index contributed by atoms with van der Waals surface area (Å²) in [6.45, 7) is 0. The summed E-state index contributed by atoms with van der Waals surface area (Å²) in [6.07, 6.45) is 1.79. The second-order valence-corrected chi connectivity index (χ2v) is 7.97. The molecule has 0 aliphatic carbocycles. The van der Waals surface area contributed by atoms with Crippen LogP contribution in [0, 0.1) is 0 Å². The lowest BCUT2D eigenvalue weighted by Gasteiger charge is -2.13. The molecule has 3 aromatic heterocycles. The Hall–Kier alpha value is -4.57. The van der Waals surface area contributed by atoms with Crippen LogP contribution in [0.5, 0.6) is 0 Å². The number of pyridine rings is 3. The molecule has 0 atom stereocenters. The molecule has 3 heterocycles. The molecule has 0 unspecified atom stereocenters. The molecule has 0 amide bonds. The van der Waals surface area contributed by atoms with Gasteiger partial charge in [0, 0.05) is 28.8 Å². The largest absolute Gasteiger partial charge is 0.339 e. The molecule has 0 fully saturated rings. The summed E-state index contributed by atoms with van der Waals surface area (Å²) in [7, 11) is 0. The van der Waals surface area contributed by atoms with Crippen LogP contribution in [-0.2, 0) is 0 Å². The van der Waals surface area contributed by atoms with Gasteiger partial charge >= 0.3 is 0 Å². The molecule has 6 aromatic rings. The molecular formula is C29H19N3O. The second kappa shape index (κ2) is 7.84. The average Bonchev–Trinajstić information content (AvgIpc) is 2.89. The number of benzene rings is 3. The Morgan fingerprint density at radius 3 is 2.21 bits per heavy atom. The molecule has 6 rings (SSSR count). The molecule has 156 valence electrons. The first kappa shape index (κ1) is 19.1. The molecule has 4 heteroatoms. The van der Waals surface area contributed by atoms with E-state index in [0.717, 1.165) is 44.5 Å². The van der Waals surface area contributed by atoms with Crippen LogP contribution in [0.2, 0.25) is 0 Å². The summed E-state index contributed by atoms with van der Waals surface area (Å²) in [5.41, 5.74) is 6.88. The fourth-order valence-corrected chi connectivity index (χ4v) is 4.22. The van der Waals surface area contributed by atoms with Gasteiger partial charge in [-0.25, -0.2) is 4.98 Å². The molecule has 0 bridgehead atoms. The van der Waals surface area contributed by atoms with E-state index in [2.05, 4.69) is 16.0 Å². The van der Waals surface area contributed by atoms with E-state index in [9.17, 15) is 4.79 Å². The van der Waals surface area contributed by atoms with Crippen LogP contribution < -0.4 is 5.43 Å². The molecule has 0 spiro atoms. The number of hydrogen-bond donors (Lipinski definition) is 1. The number of fused-ring (bicyclic) bond motifs is 2. The van der Waals surface area contributed by atoms with Gasteiger partial charge in [-0.3, -0.25) is 9.78 Å². The Labute approximate surface area is 190 Å². The zero-order chi connectivity index (χ0) is 22.2. The van der Waals surface area contributed by atoms with Crippen molar-refractivity contribution in [2.45, 2.75) is 0 Å². The van der Waals surface area contributed by atoms with E-state index in [0.29, 0.717) is 11.0 Å². The molecule has 1 N–H and O–H groups in total. The third-order valence-corrected chi connectivity index (χ3v) is 5.86. The summed E-state index contributed by atoms with van der Waals surface area (Å²) in [4.78, 5) is 25.9. The molecular weight excluding hydrogens is 406 g/mol. The zero-order valence-corrected chi connectivity index (χ0v) is 17.7. The van der Waals surface area contributed by atoms with Gasteiger partial charge in [0.25, 0.3) is 0 Å². The summed E-state index contributed by atoms with van der Waals surface area (Å²) in [5, 5.41) is 1.61. The number of H-pyrrole nitrogens is 1. The Morgan fingerprint density at radius 2 is 1.42 bits per heavy atom. The minimum absolute atomic E-state index is 0.0570. The monoisotopic (exact) mass is 425 g/mol. The maximum atomic E-state index is 13.1. The summed E-state index contributed by atoms with van der Waals surface area (Å²) in [6, 6.07) is 33.6. The molecule has 0 saturated carbocycles. The highest BCUT2D eigenvalue weighted by molar-refractivity contribution is 5.93. The van der Waals surface area contributed by atoms with Crippen molar-refractivity contribution in [2.75, 3.05) is 0 Å². The topological polar surface area (TPSA) is 58.6 Å². The number of nitrogens with zero attached hydrogens (tertiary/aromatic N) is 2. The lowest BCUT2D eigenvalue weighted by atomic mass is 9.96. The summed E-state index contributed by atoms with van der Waals surface area (Å²) < 4.78 is 0. The van der Waals surface area contributed by atoms with Crippen LogP contribution in [0.25, 0.3) is 55.6 Å². The van der Waals surface area contributed by atoms with Crippen molar-refractivity contribution in [1.82, 2.24) is 15.0 Å². The Kier molecular flexibility index (Phi) is 4.55. The number of aromatic nitrogens is 3. The minimum Gasteiger partial charge on any atom is -0.339 e. The van der Waals surface area contributed by atoms with Crippen LogP contribution in [0.4, 0.5) is 0 Å². The van der Waals surface area contributed by atoms with E-state index in [1.165, 1.54) is 0 Å². The lowest BCUT2D eigenvalue weighted by molar-refractivity contribution is 1.28. The molecule has 33 heavy (non-hydrogen) atoms. The van der Waals surface area contributed by atoms with Crippen molar-refractivity contribution in [2.24, 2.45) is 0 Å². The quantitative estimate of drug-likeness (QED) is 0.353. The third kappa shape index (κ3) is 3.48. The average molecular weight is 425 g/mol. The highest BCUT2D eigenvalue weighted by Gasteiger charge is 2.15. The number of hydrogen-bond acceptors (Lipinski definition) is 3. The predicted octanol–water partition coefficient (Wildman–Crippen LogP) is 6.47. The Bertz CT molecular complexity index is 1670. The smallest absolute Gasteiger partial charge is 0.191 e. The lowest BCUT2D eigenvalue weighted by Crippen LogP contribution is -2.06. The van der Waals surface area contributed by atoms with Crippen LogP contribution in [0.3, 0.4) is 0 Å². The van der Waals surface area contributed by atoms with Crippen molar-refractivity contribution in [1.29, 1.82) is 0 Å². The highest BCUT2D eigenvalue weighted by Crippen LogP contribution is 2.34. The van der Waals surface area contributed by atoms with E-state index in [1.54, 1.807) is 12.3 Å². The van der Waals surface area contributed by atoms with Crippen molar-refractivity contribution < 1.29 is 0 Å². The van der Waals surface area contributed by atoms with Gasteiger partial charge in [-0.2, -0.15) is 0 Å². The molecule has 0 aliphatic rings. The minimum atomic E-state index is -0.0570. The van der Waals surface area contributed by atoms with Gasteiger partial charge in [-0.15, -0.1) is 0 Å². The number of aromatic amines is 1. The van der Waals surface area contributed by atoms with Crippen molar-refractivity contribution >= 4 is 21.9 Å². The van der Waals surface area contributed by atoms with Crippen molar-refractivity contribution in [3.63, 3.8) is 0 Å². The van der Waals surface area contributed by atoms with Crippen LogP contribution in [-0.4, -0.2) is 15.0 Å². The fraction of sp³-hybridized carbons (Fsp3) is 0. The van der Waals surface area contributed by atoms with E-state index >= 15 is 0 Å². The Morgan fingerprint density at radius 1 is 0.667 bits per heavy atom. The molecule has 3 aromatic carbocycles. The number of nitrogens with one attached hydrogen (secondary N) is 1. The van der Waals surface area contributed by atoms with Crippen molar-refractivity contribution in [3.8, 4) is 33.6 Å². The predicted molar refractivity (Wildman–Crippen MR) is 134 cm³/mol.